The maximum absolute atomic E-state index is 12.2. The monoisotopic (exact) mass is 286 g/mol. The van der Waals surface area contributed by atoms with Crippen LogP contribution in [0.1, 0.15) is 18.4 Å². The van der Waals surface area contributed by atoms with Gasteiger partial charge in [0, 0.05) is 31.7 Å². The maximum atomic E-state index is 12.2. The summed E-state index contributed by atoms with van der Waals surface area (Å²) in [6, 6.07) is 10.3. The summed E-state index contributed by atoms with van der Waals surface area (Å²) in [6.45, 7) is 2.96. The van der Waals surface area contributed by atoms with E-state index in [0.29, 0.717) is 6.54 Å². The van der Waals surface area contributed by atoms with Crippen molar-refractivity contribution < 1.29 is 9.53 Å². The van der Waals surface area contributed by atoms with Crippen LogP contribution < -0.4 is 10.6 Å². The van der Waals surface area contributed by atoms with Crippen LogP contribution in [0.15, 0.2) is 42.5 Å². The molecule has 1 atom stereocenters. The van der Waals surface area contributed by atoms with Gasteiger partial charge in [-0.15, -0.1) is 0 Å². The fraction of sp³-hybridized carbons (Fsp3) is 0.471. The zero-order chi connectivity index (χ0) is 14.5. The molecular weight excluding hydrogens is 264 g/mol. The number of nitrogens with one attached hydrogen (secondary N) is 2. The second-order valence-electron chi connectivity index (χ2n) is 5.79. The quantitative estimate of drug-likeness (QED) is 0.822. The molecule has 0 aromatic heterocycles. The molecule has 0 saturated carbocycles. The van der Waals surface area contributed by atoms with Crippen LogP contribution in [0.2, 0.25) is 0 Å². The van der Waals surface area contributed by atoms with Gasteiger partial charge in [0.05, 0.1) is 0 Å². The summed E-state index contributed by atoms with van der Waals surface area (Å²) < 4.78 is 5.52. The predicted octanol–water partition coefficient (Wildman–Crippen LogP) is 1.38. The van der Waals surface area contributed by atoms with Crippen LogP contribution in [0.4, 0.5) is 0 Å². The number of carbonyl (C=O) groups excluding carboxylic acids is 1. The summed E-state index contributed by atoms with van der Waals surface area (Å²) in [4.78, 5) is 12.2. The van der Waals surface area contributed by atoms with Crippen molar-refractivity contribution in [1.82, 2.24) is 10.6 Å². The summed E-state index contributed by atoms with van der Waals surface area (Å²) in [7, 11) is 0. The first-order valence-electron chi connectivity index (χ1n) is 7.61. The van der Waals surface area contributed by atoms with Crippen molar-refractivity contribution in [2.75, 3.05) is 26.3 Å². The zero-order valence-corrected chi connectivity index (χ0v) is 12.2. The van der Waals surface area contributed by atoms with Crippen molar-refractivity contribution in [3.05, 3.63) is 48.0 Å². The molecule has 4 heteroatoms. The Morgan fingerprint density at radius 2 is 2.05 bits per heavy atom. The third-order valence-electron chi connectivity index (χ3n) is 4.50. The molecule has 1 aromatic rings. The summed E-state index contributed by atoms with van der Waals surface area (Å²) in [5, 5.41) is 6.27. The molecule has 112 valence electrons. The molecule has 0 aliphatic carbocycles. The fourth-order valence-corrected chi connectivity index (χ4v) is 3.13. The van der Waals surface area contributed by atoms with Gasteiger partial charge in [-0.2, -0.15) is 0 Å². The van der Waals surface area contributed by atoms with Gasteiger partial charge in [-0.1, -0.05) is 42.5 Å². The number of ether oxygens (including phenoxy) is 1. The van der Waals surface area contributed by atoms with E-state index in [1.54, 1.807) is 0 Å². The Balaban J connectivity index is 1.71. The highest BCUT2D eigenvalue weighted by Gasteiger charge is 2.35. The highest BCUT2D eigenvalue weighted by atomic mass is 16.5. The van der Waals surface area contributed by atoms with Gasteiger partial charge in [0.2, 0.25) is 5.91 Å². The number of hydrogen-bond acceptors (Lipinski definition) is 3. The Bertz CT molecular complexity index is 507. The molecule has 3 rings (SSSR count). The second kappa shape index (κ2) is 6.41. The van der Waals surface area contributed by atoms with E-state index < -0.39 is 0 Å². The van der Waals surface area contributed by atoms with Crippen LogP contribution in [0.25, 0.3) is 0 Å². The number of benzene rings is 1. The lowest BCUT2D eigenvalue weighted by Gasteiger charge is -2.38. The highest BCUT2D eigenvalue weighted by molar-refractivity contribution is 5.84. The molecule has 1 unspecified atom stereocenters. The van der Waals surface area contributed by atoms with Gasteiger partial charge < -0.3 is 10.1 Å². The number of hydrogen-bond donors (Lipinski definition) is 2. The van der Waals surface area contributed by atoms with E-state index in [0.717, 1.165) is 32.6 Å². The summed E-state index contributed by atoms with van der Waals surface area (Å²) in [5.74, 6) is 0.0607. The van der Waals surface area contributed by atoms with E-state index in [-0.39, 0.29) is 17.4 Å². The Morgan fingerprint density at radius 1 is 1.29 bits per heavy atom. The minimum absolute atomic E-state index is 0.00249. The highest BCUT2D eigenvalue weighted by Crippen LogP contribution is 2.34. The van der Waals surface area contributed by atoms with E-state index in [2.05, 4.69) is 34.9 Å². The minimum atomic E-state index is -0.183. The standard InChI is InChI=1S/C17H22N2O2/c20-16(15-7-4-10-18-15)19-13-17(8-11-21-12-9-17)14-5-2-1-3-6-14/h1-7,15,18H,8-13H2,(H,19,20). The molecule has 21 heavy (non-hydrogen) atoms. The topological polar surface area (TPSA) is 50.4 Å². The minimum Gasteiger partial charge on any atom is -0.381 e. The first-order chi connectivity index (χ1) is 10.3. The summed E-state index contributed by atoms with van der Waals surface area (Å²) in [6.07, 6.45) is 5.82. The lowest BCUT2D eigenvalue weighted by Crippen LogP contribution is -2.48. The maximum Gasteiger partial charge on any atom is 0.241 e. The molecule has 1 fully saturated rings. The van der Waals surface area contributed by atoms with E-state index >= 15 is 0 Å². The Morgan fingerprint density at radius 3 is 2.71 bits per heavy atom. The molecule has 1 saturated heterocycles. The molecule has 2 heterocycles. The Hall–Kier alpha value is -1.65. The molecule has 2 N–H and O–H groups in total. The largest absolute Gasteiger partial charge is 0.381 e. The second-order valence-corrected chi connectivity index (χ2v) is 5.79. The molecule has 4 nitrogen and oxygen atoms in total. The molecule has 0 spiro atoms. The van der Waals surface area contributed by atoms with E-state index in [9.17, 15) is 4.79 Å². The van der Waals surface area contributed by atoms with Gasteiger partial charge in [0.1, 0.15) is 6.04 Å². The van der Waals surface area contributed by atoms with Crippen LogP contribution in [-0.2, 0) is 14.9 Å². The number of carbonyl (C=O) groups is 1. The van der Waals surface area contributed by atoms with Gasteiger partial charge >= 0.3 is 0 Å². The number of amides is 1. The SMILES string of the molecule is O=C(NCC1(c2ccccc2)CCOCC1)C1C=CCN1. The average molecular weight is 286 g/mol. The molecule has 1 aromatic carbocycles. The summed E-state index contributed by atoms with van der Waals surface area (Å²) in [5.41, 5.74) is 1.29. The number of rotatable bonds is 4. The fourth-order valence-electron chi connectivity index (χ4n) is 3.13. The first-order valence-corrected chi connectivity index (χ1v) is 7.61. The van der Waals surface area contributed by atoms with Gasteiger partial charge in [-0.25, -0.2) is 0 Å². The van der Waals surface area contributed by atoms with Gasteiger partial charge in [0.25, 0.3) is 0 Å². The van der Waals surface area contributed by atoms with Crippen LogP contribution in [-0.4, -0.2) is 38.3 Å². The van der Waals surface area contributed by atoms with Crippen molar-refractivity contribution in [3.8, 4) is 0 Å². The lowest BCUT2D eigenvalue weighted by molar-refractivity contribution is -0.122. The van der Waals surface area contributed by atoms with Crippen molar-refractivity contribution in [2.24, 2.45) is 0 Å². The third kappa shape index (κ3) is 3.17. The third-order valence-corrected chi connectivity index (χ3v) is 4.50. The van der Waals surface area contributed by atoms with Crippen LogP contribution in [0, 0.1) is 0 Å². The van der Waals surface area contributed by atoms with Crippen molar-refractivity contribution in [2.45, 2.75) is 24.3 Å². The Kier molecular flexibility index (Phi) is 4.36. The average Bonchev–Trinajstić information content (AvgIpc) is 3.09. The molecular formula is C17H22N2O2. The van der Waals surface area contributed by atoms with Gasteiger partial charge in [-0.05, 0) is 18.4 Å². The van der Waals surface area contributed by atoms with Crippen molar-refractivity contribution >= 4 is 5.91 Å². The van der Waals surface area contributed by atoms with Crippen molar-refractivity contribution in [3.63, 3.8) is 0 Å². The Labute approximate surface area is 125 Å². The van der Waals surface area contributed by atoms with Crippen LogP contribution in [0.5, 0.6) is 0 Å². The van der Waals surface area contributed by atoms with Crippen LogP contribution in [0.3, 0.4) is 0 Å². The van der Waals surface area contributed by atoms with Gasteiger partial charge in [-0.3, -0.25) is 10.1 Å². The van der Waals surface area contributed by atoms with E-state index in [1.807, 2.05) is 18.2 Å². The molecule has 2 aliphatic heterocycles. The smallest absolute Gasteiger partial charge is 0.241 e. The molecule has 1 amide bonds. The van der Waals surface area contributed by atoms with Gasteiger partial charge in [0.15, 0.2) is 0 Å². The van der Waals surface area contributed by atoms with Crippen molar-refractivity contribution in [1.29, 1.82) is 0 Å². The molecule has 2 aliphatic rings. The molecule has 0 radical (unpaired) electrons. The molecule has 0 bridgehead atoms. The zero-order valence-electron chi connectivity index (χ0n) is 12.2. The first kappa shape index (κ1) is 14.3. The normalized spacial score (nSPS) is 23.9. The van der Waals surface area contributed by atoms with Crippen LogP contribution >= 0.6 is 0 Å². The lowest BCUT2D eigenvalue weighted by atomic mass is 9.74. The van der Waals surface area contributed by atoms with E-state index in [1.165, 1.54) is 5.56 Å². The summed E-state index contributed by atoms with van der Waals surface area (Å²) >= 11 is 0. The van der Waals surface area contributed by atoms with E-state index in [4.69, 9.17) is 4.74 Å². The predicted molar refractivity (Wildman–Crippen MR) is 82.1 cm³/mol.